The topological polar surface area (TPSA) is 161 Å². The molecular weight excluding hydrogens is 662 g/mol. The van der Waals surface area contributed by atoms with Gasteiger partial charge in [-0.05, 0) is 62.4 Å². The zero-order chi connectivity index (χ0) is 36.4. The summed E-state index contributed by atoms with van der Waals surface area (Å²) in [6, 6.07) is 11.0. The highest BCUT2D eigenvalue weighted by molar-refractivity contribution is 6.06. The van der Waals surface area contributed by atoms with Gasteiger partial charge in [-0.25, -0.2) is 4.98 Å². The van der Waals surface area contributed by atoms with Crippen molar-refractivity contribution in [2.24, 2.45) is 0 Å². The predicted molar refractivity (Wildman–Crippen MR) is 198 cm³/mol. The molecule has 14 heteroatoms. The maximum Gasteiger partial charge on any atom is 0.255 e. The zero-order valence-corrected chi connectivity index (χ0v) is 30.0. The second-order valence-electron chi connectivity index (χ2n) is 14.0. The molecule has 0 radical (unpaired) electrons. The van der Waals surface area contributed by atoms with Crippen molar-refractivity contribution < 1.29 is 23.9 Å². The van der Waals surface area contributed by atoms with Gasteiger partial charge in [0.15, 0.2) is 5.82 Å². The quantitative estimate of drug-likeness (QED) is 0.158. The Morgan fingerprint density at radius 2 is 1.88 bits per heavy atom. The van der Waals surface area contributed by atoms with Gasteiger partial charge in [0.1, 0.15) is 11.8 Å². The largest absolute Gasteiger partial charge is 0.495 e. The molecule has 1 aliphatic carbocycles. The van der Waals surface area contributed by atoms with Crippen LogP contribution in [0.4, 0.5) is 28.8 Å². The van der Waals surface area contributed by atoms with E-state index in [1.807, 2.05) is 24.4 Å². The molecule has 7 rings (SSSR count). The summed E-state index contributed by atoms with van der Waals surface area (Å²) >= 11 is 0. The number of ether oxygens (including phenoxy) is 1. The van der Waals surface area contributed by atoms with Gasteiger partial charge in [0.25, 0.3) is 11.8 Å². The van der Waals surface area contributed by atoms with Gasteiger partial charge >= 0.3 is 0 Å². The number of carbonyl (C=O) groups is 4. The fourth-order valence-corrected chi connectivity index (χ4v) is 7.96. The molecule has 4 amide bonds. The number of anilines is 5. The summed E-state index contributed by atoms with van der Waals surface area (Å²) in [5.41, 5.74) is 4.36. The lowest BCUT2D eigenvalue weighted by Crippen LogP contribution is -2.52. The zero-order valence-electron chi connectivity index (χ0n) is 30.0. The van der Waals surface area contributed by atoms with Gasteiger partial charge in [0.2, 0.25) is 17.8 Å². The Kier molecular flexibility index (Phi) is 10.1. The minimum Gasteiger partial charge on any atom is -0.495 e. The fraction of sp³-hybridized carbons (Fsp3) is 0.474. The number of aromatic nitrogens is 2. The molecule has 14 nitrogen and oxygen atoms in total. The van der Waals surface area contributed by atoms with E-state index in [0.717, 1.165) is 35.7 Å². The number of amides is 4. The number of fused-ring (bicyclic) bond motifs is 2. The molecule has 1 unspecified atom stereocenters. The SMILES string of the molecule is CC[C@@H]1CN(C)c2cnc(Nc3ccc(C(=O)NCCCNc4cccc5c4CN(C4CCC(=O)NC4=O)C5=O)cc3OC)nc2N1C1CCCC1. The maximum absolute atomic E-state index is 13.1. The van der Waals surface area contributed by atoms with Crippen molar-refractivity contribution in [3.63, 3.8) is 0 Å². The van der Waals surface area contributed by atoms with E-state index in [9.17, 15) is 19.2 Å². The number of imide groups is 1. The van der Waals surface area contributed by atoms with Crippen molar-refractivity contribution in [2.45, 2.75) is 83.0 Å². The van der Waals surface area contributed by atoms with Crippen LogP contribution < -0.4 is 35.8 Å². The molecule has 0 bridgehead atoms. The van der Waals surface area contributed by atoms with Crippen LogP contribution in [-0.4, -0.2) is 90.4 Å². The molecule has 4 N–H and O–H groups in total. The Labute approximate surface area is 303 Å². The number of nitrogens with one attached hydrogen (secondary N) is 4. The molecule has 2 aromatic carbocycles. The lowest BCUT2D eigenvalue weighted by Gasteiger charge is -2.45. The highest BCUT2D eigenvalue weighted by Gasteiger charge is 2.40. The van der Waals surface area contributed by atoms with Crippen molar-refractivity contribution in [1.29, 1.82) is 0 Å². The van der Waals surface area contributed by atoms with Crippen LogP contribution in [0.2, 0.25) is 0 Å². The van der Waals surface area contributed by atoms with Crippen LogP contribution in [0.15, 0.2) is 42.6 Å². The molecule has 2 fully saturated rings. The number of carbonyl (C=O) groups excluding carboxylic acids is 4. The third-order valence-electron chi connectivity index (χ3n) is 10.7. The van der Waals surface area contributed by atoms with Gasteiger partial charge in [0, 0.05) is 74.1 Å². The summed E-state index contributed by atoms with van der Waals surface area (Å²) in [5.74, 6) is 0.774. The minimum absolute atomic E-state index is 0.211. The Morgan fingerprint density at radius 1 is 1.06 bits per heavy atom. The minimum atomic E-state index is -0.663. The van der Waals surface area contributed by atoms with Crippen molar-refractivity contribution in [2.75, 3.05) is 54.2 Å². The first-order valence-corrected chi connectivity index (χ1v) is 18.4. The lowest BCUT2D eigenvalue weighted by atomic mass is 10.0. The number of hydrogen-bond donors (Lipinski definition) is 4. The van der Waals surface area contributed by atoms with E-state index in [1.54, 1.807) is 25.3 Å². The second kappa shape index (κ2) is 15.1. The van der Waals surface area contributed by atoms with Gasteiger partial charge in [0.05, 0.1) is 24.7 Å². The van der Waals surface area contributed by atoms with E-state index >= 15 is 0 Å². The van der Waals surface area contributed by atoms with Crippen LogP contribution in [0.1, 0.15) is 84.6 Å². The maximum atomic E-state index is 13.1. The summed E-state index contributed by atoms with van der Waals surface area (Å²) in [5, 5.41) is 12.0. The monoisotopic (exact) mass is 709 g/mol. The van der Waals surface area contributed by atoms with E-state index < -0.39 is 11.9 Å². The van der Waals surface area contributed by atoms with Crippen LogP contribution in [-0.2, 0) is 16.1 Å². The number of methoxy groups -OCH3 is 1. The van der Waals surface area contributed by atoms with Crippen LogP contribution >= 0.6 is 0 Å². The summed E-state index contributed by atoms with van der Waals surface area (Å²) in [7, 11) is 3.67. The van der Waals surface area contributed by atoms with E-state index in [2.05, 4.69) is 50.0 Å². The van der Waals surface area contributed by atoms with E-state index in [4.69, 9.17) is 9.72 Å². The van der Waals surface area contributed by atoms with E-state index in [0.29, 0.717) is 73.1 Å². The fourth-order valence-electron chi connectivity index (χ4n) is 7.96. The molecule has 274 valence electrons. The Bertz CT molecular complexity index is 1860. The summed E-state index contributed by atoms with van der Waals surface area (Å²) < 4.78 is 5.68. The standard InChI is InChI=1S/C38H47N9O5/c1-4-24-21-45(2)31-20-41-38(44-34(31)47(24)25-9-5-6-10-25)42-29-14-13-23(19-32(29)52-3)35(49)40-18-8-17-39-28-12-7-11-26-27(28)22-46(37(26)51)30-15-16-33(48)43-36(30)50/h7,11-14,19-20,24-25,30,39H,4-6,8-10,15-18,21-22H2,1-3H3,(H,40,49)(H,41,42,44)(H,43,48,50)/t24-,30?/m1/s1. The van der Waals surface area contributed by atoms with Gasteiger partial charge in [-0.1, -0.05) is 25.8 Å². The van der Waals surface area contributed by atoms with Gasteiger partial charge in [-0.15, -0.1) is 0 Å². The molecular formula is C38H47N9O5. The average Bonchev–Trinajstić information content (AvgIpc) is 3.80. The molecule has 2 atom stereocenters. The molecule has 1 aromatic heterocycles. The van der Waals surface area contributed by atoms with Crippen LogP contribution in [0.25, 0.3) is 0 Å². The molecule has 1 saturated heterocycles. The van der Waals surface area contributed by atoms with Crippen LogP contribution in [0.3, 0.4) is 0 Å². The van der Waals surface area contributed by atoms with E-state index in [-0.39, 0.29) is 24.1 Å². The number of likely N-dealkylation sites (N-methyl/N-ethyl adjacent to an activating group) is 1. The lowest BCUT2D eigenvalue weighted by molar-refractivity contribution is -0.136. The normalized spacial score (nSPS) is 20.1. The number of piperidine rings is 1. The van der Waals surface area contributed by atoms with Crippen molar-refractivity contribution in [3.05, 3.63) is 59.3 Å². The summed E-state index contributed by atoms with van der Waals surface area (Å²) in [4.78, 5) is 66.2. The van der Waals surface area contributed by atoms with Gasteiger partial charge < -0.3 is 35.4 Å². The predicted octanol–water partition coefficient (Wildman–Crippen LogP) is 4.20. The molecule has 4 aliphatic rings. The number of nitrogens with zero attached hydrogens (tertiary/aromatic N) is 5. The molecule has 3 aliphatic heterocycles. The molecule has 1 saturated carbocycles. The van der Waals surface area contributed by atoms with Crippen molar-refractivity contribution in [3.8, 4) is 5.75 Å². The third kappa shape index (κ3) is 6.93. The Morgan fingerprint density at radius 3 is 2.65 bits per heavy atom. The first-order chi connectivity index (χ1) is 25.2. The van der Waals surface area contributed by atoms with Crippen LogP contribution in [0.5, 0.6) is 5.75 Å². The van der Waals surface area contributed by atoms with E-state index in [1.165, 1.54) is 30.6 Å². The average molecular weight is 710 g/mol. The van der Waals surface area contributed by atoms with Crippen molar-refractivity contribution in [1.82, 2.24) is 25.5 Å². The summed E-state index contributed by atoms with van der Waals surface area (Å²) in [6.07, 6.45) is 8.97. The van der Waals surface area contributed by atoms with Crippen molar-refractivity contribution >= 4 is 52.5 Å². The first-order valence-electron chi connectivity index (χ1n) is 18.4. The van der Waals surface area contributed by atoms with Gasteiger partial charge in [-0.3, -0.25) is 24.5 Å². The highest BCUT2D eigenvalue weighted by Crippen LogP contribution is 2.40. The molecule has 4 heterocycles. The smallest absolute Gasteiger partial charge is 0.255 e. The van der Waals surface area contributed by atoms with Gasteiger partial charge in [-0.2, -0.15) is 4.98 Å². The Hall–Kier alpha value is -5.40. The molecule has 52 heavy (non-hydrogen) atoms. The van der Waals surface area contributed by atoms with Crippen LogP contribution in [0, 0.1) is 0 Å². The summed E-state index contributed by atoms with van der Waals surface area (Å²) in [6.45, 7) is 4.48. The molecule has 3 aromatic rings. The highest BCUT2D eigenvalue weighted by atomic mass is 16.5. The second-order valence-corrected chi connectivity index (χ2v) is 14.0. The number of benzene rings is 2. The first kappa shape index (κ1) is 35.0. The Balaban J connectivity index is 0.942. The third-order valence-corrected chi connectivity index (χ3v) is 10.7. The number of rotatable bonds is 12. The molecule has 0 spiro atoms. The number of hydrogen-bond acceptors (Lipinski definition) is 11.